The number of hydrogen-bond acceptors (Lipinski definition) is 2. The molecule has 1 atom stereocenters. The Bertz CT molecular complexity index is 160. The highest BCUT2D eigenvalue weighted by molar-refractivity contribution is 4.69. The minimum absolute atomic E-state index is 0.0437. The van der Waals surface area contributed by atoms with Crippen LogP contribution in [0.4, 0.5) is 13.2 Å². The van der Waals surface area contributed by atoms with Crippen molar-refractivity contribution in [3.63, 3.8) is 0 Å². The Morgan fingerprint density at radius 3 is 1.93 bits per heavy atom. The van der Waals surface area contributed by atoms with Crippen molar-refractivity contribution in [2.24, 2.45) is 5.41 Å². The molecule has 0 radical (unpaired) electrons. The highest BCUT2D eigenvalue weighted by atomic mass is 19.4. The molecule has 0 aliphatic carbocycles. The van der Waals surface area contributed by atoms with Crippen LogP contribution in [0.15, 0.2) is 0 Å². The van der Waals surface area contributed by atoms with E-state index in [1.165, 1.54) is 0 Å². The summed E-state index contributed by atoms with van der Waals surface area (Å²) in [7, 11) is 0. The lowest BCUT2D eigenvalue weighted by molar-refractivity contribution is -0.327. The standard InChI is InChI=1S/C9H17F3O2/c1-7(8(2,3)4)13-5-6-14-9(10,11)12/h7H,5-6H2,1-4H3. The molecule has 0 fully saturated rings. The summed E-state index contributed by atoms with van der Waals surface area (Å²) >= 11 is 0. The van der Waals surface area contributed by atoms with E-state index in [-0.39, 0.29) is 18.1 Å². The molecule has 0 aliphatic rings. The van der Waals surface area contributed by atoms with Gasteiger partial charge in [0.1, 0.15) is 0 Å². The van der Waals surface area contributed by atoms with Gasteiger partial charge in [0.15, 0.2) is 0 Å². The fourth-order valence-electron chi connectivity index (χ4n) is 0.632. The molecule has 0 saturated carbocycles. The third-order valence-electron chi connectivity index (χ3n) is 1.94. The summed E-state index contributed by atoms with van der Waals surface area (Å²) in [5, 5.41) is 0. The molecule has 2 nitrogen and oxygen atoms in total. The van der Waals surface area contributed by atoms with Gasteiger partial charge in [0, 0.05) is 0 Å². The lowest BCUT2D eigenvalue weighted by Crippen LogP contribution is -2.28. The second kappa shape index (κ2) is 4.98. The zero-order valence-corrected chi connectivity index (χ0v) is 8.94. The zero-order valence-electron chi connectivity index (χ0n) is 8.94. The molecular weight excluding hydrogens is 197 g/mol. The van der Waals surface area contributed by atoms with E-state index in [2.05, 4.69) is 4.74 Å². The van der Waals surface area contributed by atoms with Crippen molar-refractivity contribution >= 4 is 0 Å². The molecule has 0 heterocycles. The largest absolute Gasteiger partial charge is 0.522 e. The van der Waals surface area contributed by atoms with Crippen molar-refractivity contribution in [2.45, 2.75) is 40.2 Å². The van der Waals surface area contributed by atoms with Crippen molar-refractivity contribution in [1.82, 2.24) is 0 Å². The second-order valence-electron chi connectivity index (χ2n) is 4.17. The van der Waals surface area contributed by atoms with Crippen LogP contribution in [0.5, 0.6) is 0 Å². The van der Waals surface area contributed by atoms with Crippen molar-refractivity contribution < 1.29 is 22.6 Å². The quantitative estimate of drug-likeness (QED) is 0.670. The first-order valence-corrected chi connectivity index (χ1v) is 4.45. The van der Waals surface area contributed by atoms with Crippen LogP contribution in [0, 0.1) is 5.41 Å². The normalized spacial score (nSPS) is 15.6. The molecule has 14 heavy (non-hydrogen) atoms. The Morgan fingerprint density at radius 2 is 1.57 bits per heavy atom. The minimum atomic E-state index is -4.56. The Kier molecular flexibility index (Phi) is 4.88. The summed E-state index contributed by atoms with van der Waals surface area (Å²) in [5.41, 5.74) is -0.0712. The van der Waals surface area contributed by atoms with Gasteiger partial charge < -0.3 is 4.74 Å². The number of hydrogen-bond donors (Lipinski definition) is 0. The van der Waals surface area contributed by atoms with Crippen molar-refractivity contribution in [2.75, 3.05) is 13.2 Å². The van der Waals surface area contributed by atoms with E-state index in [9.17, 15) is 13.2 Å². The van der Waals surface area contributed by atoms with Crippen molar-refractivity contribution in [1.29, 1.82) is 0 Å². The average Bonchev–Trinajstić information content (AvgIpc) is 1.93. The summed E-state index contributed by atoms with van der Waals surface area (Å²) < 4.78 is 43.4. The maximum absolute atomic E-state index is 11.5. The van der Waals surface area contributed by atoms with Crippen LogP contribution in [0.3, 0.4) is 0 Å². The predicted octanol–water partition coefficient (Wildman–Crippen LogP) is 2.97. The van der Waals surface area contributed by atoms with E-state index in [1.54, 1.807) is 0 Å². The van der Waals surface area contributed by atoms with Crippen LogP contribution < -0.4 is 0 Å². The maximum Gasteiger partial charge on any atom is 0.522 e. The molecule has 0 aliphatic heterocycles. The van der Waals surface area contributed by atoms with Gasteiger partial charge in [-0.05, 0) is 12.3 Å². The molecule has 86 valence electrons. The van der Waals surface area contributed by atoms with E-state index in [0.29, 0.717) is 0 Å². The predicted molar refractivity (Wildman–Crippen MR) is 46.9 cm³/mol. The molecule has 1 unspecified atom stereocenters. The highest BCUT2D eigenvalue weighted by Crippen LogP contribution is 2.21. The first-order chi connectivity index (χ1) is 6.13. The monoisotopic (exact) mass is 214 g/mol. The van der Waals surface area contributed by atoms with Crippen LogP contribution in [0.1, 0.15) is 27.7 Å². The first-order valence-electron chi connectivity index (χ1n) is 4.45. The molecular formula is C9H17F3O2. The Labute approximate surface area is 82.4 Å². The molecule has 0 aromatic rings. The lowest BCUT2D eigenvalue weighted by atomic mass is 9.90. The van der Waals surface area contributed by atoms with E-state index >= 15 is 0 Å². The molecule has 0 rings (SSSR count). The Balaban J connectivity index is 3.56. The Morgan fingerprint density at radius 1 is 1.07 bits per heavy atom. The van der Waals surface area contributed by atoms with Crippen LogP contribution in [-0.2, 0) is 9.47 Å². The van der Waals surface area contributed by atoms with Gasteiger partial charge >= 0.3 is 6.36 Å². The van der Waals surface area contributed by atoms with Gasteiger partial charge in [0.2, 0.25) is 0 Å². The van der Waals surface area contributed by atoms with Gasteiger partial charge in [-0.25, -0.2) is 0 Å². The zero-order chi connectivity index (χ0) is 11.4. The third kappa shape index (κ3) is 7.15. The molecule has 0 amide bonds. The van der Waals surface area contributed by atoms with Gasteiger partial charge in [-0.1, -0.05) is 20.8 Å². The average molecular weight is 214 g/mol. The molecule has 0 bridgehead atoms. The lowest BCUT2D eigenvalue weighted by Gasteiger charge is -2.27. The molecule has 0 aromatic heterocycles. The number of halogens is 3. The number of ether oxygens (including phenoxy) is 2. The van der Waals surface area contributed by atoms with Crippen molar-refractivity contribution in [3.8, 4) is 0 Å². The summed E-state index contributed by atoms with van der Waals surface area (Å²) in [4.78, 5) is 0. The van der Waals surface area contributed by atoms with Gasteiger partial charge in [0.25, 0.3) is 0 Å². The summed E-state index contributed by atoms with van der Waals surface area (Å²) in [5.74, 6) is 0. The number of rotatable bonds is 4. The third-order valence-corrected chi connectivity index (χ3v) is 1.94. The Hall–Kier alpha value is -0.290. The SMILES string of the molecule is CC(OCCOC(F)(F)F)C(C)(C)C. The summed E-state index contributed by atoms with van der Waals surface area (Å²) in [6.45, 7) is 7.21. The van der Waals surface area contributed by atoms with Gasteiger partial charge in [0.05, 0.1) is 19.3 Å². The summed E-state index contributed by atoms with van der Waals surface area (Å²) in [6.07, 6.45) is -4.66. The van der Waals surface area contributed by atoms with Crippen LogP contribution in [0.25, 0.3) is 0 Å². The smallest absolute Gasteiger partial charge is 0.376 e. The summed E-state index contributed by atoms with van der Waals surface area (Å²) in [6, 6.07) is 0. The van der Waals surface area contributed by atoms with E-state index in [0.717, 1.165) is 0 Å². The van der Waals surface area contributed by atoms with Crippen LogP contribution in [-0.4, -0.2) is 25.7 Å². The maximum atomic E-state index is 11.5. The fourth-order valence-corrected chi connectivity index (χ4v) is 0.632. The topological polar surface area (TPSA) is 18.5 Å². The molecule has 0 N–H and O–H groups in total. The van der Waals surface area contributed by atoms with E-state index < -0.39 is 13.0 Å². The van der Waals surface area contributed by atoms with Crippen molar-refractivity contribution in [3.05, 3.63) is 0 Å². The van der Waals surface area contributed by atoms with Crippen LogP contribution in [0.2, 0.25) is 0 Å². The number of alkyl halides is 3. The fraction of sp³-hybridized carbons (Fsp3) is 1.00. The highest BCUT2D eigenvalue weighted by Gasteiger charge is 2.29. The van der Waals surface area contributed by atoms with E-state index in [1.807, 2.05) is 27.7 Å². The van der Waals surface area contributed by atoms with Gasteiger partial charge in [-0.15, -0.1) is 13.2 Å². The first kappa shape index (κ1) is 13.7. The van der Waals surface area contributed by atoms with Gasteiger partial charge in [-0.3, -0.25) is 4.74 Å². The van der Waals surface area contributed by atoms with Crippen LogP contribution >= 0.6 is 0 Å². The minimum Gasteiger partial charge on any atom is -0.376 e. The molecule has 0 spiro atoms. The van der Waals surface area contributed by atoms with Gasteiger partial charge in [-0.2, -0.15) is 0 Å². The second-order valence-corrected chi connectivity index (χ2v) is 4.17. The molecule has 5 heteroatoms. The van der Waals surface area contributed by atoms with E-state index in [4.69, 9.17) is 4.74 Å². The molecule has 0 aromatic carbocycles. The molecule has 0 saturated heterocycles.